The molecule has 0 amide bonds. The topological polar surface area (TPSA) is 0 Å². The Balaban J connectivity index is 0. The van der Waals surface area contributed by atoms with Gasteiger partial charge in [-0.05, 0) is 18.3 Å². The van der Waals surface area contributed by atoms with E-state index in [9.17, 15) is 0 Å². The van der Waals surface area contributed by atoms with E-state index < -0.39 is 0 Å². The summed E-state index contributed by atoms with van der Waals surface area (Å²) in [6.07, 6.45) is 2.72. The smallest absolute Gasteiger partial charge is 0.0443 e. The highest BCUT2D eigenvalue weighted by Gasteiger charge is 2.00. The Morgan fingerprint density at radius 2 is 1.56 bits per heavy atom. The third kappa shape index (κ3) is 8.00. The van der Waals surface area contributed by atoms with Crippen molar-refractivity contribution in [1.82, 2.24) is 0 Å². The molecule has 0 bridgehead atoms. The molecule has 0 aromatic heterocycles. The normalized spacial score (nSPS) is 13.0. The van der Waals surface area contributed by atoms with Crippen molar-refractivity contribution >= 4 is 0 Å². The first-order chi connectivity index (χ1) is 3.66. The van der Waals surface area contributed by atoms with Crippen LogP contribution in [-0.2, 0) is 0 Å². The first-order valence-corrected chi connectivity index (χ1v) is 3.66. The lowest BCUT2D eigenvalue weighted by Crippen LogP contribution is -1.97. The van der Waals surface area contributed by atoms with Crippen molar-refractivity contribution in [3.8, 4) is 0 Å². The maximum atomic E-state index is 2.32. The fraction of sp³-hybridized carbons (Fsp3) is 1.00. The Kier molecular flexibility index (Phi) is 8.00. The van der Waals surface area contributed by atoms with Gasteiger partial charge in [0.05, 0.1) is 0 Å². The molecule has 0 aliphatic rings. The zero-order valence-electron chi connectivity index (χ0n) is 6.57. The zero-order chi connectivity index (χ0) is 6.57. The average molecular weight is 130 g/mol. The van der Waals surface area contributed by atoms with Crippen LogP contribution in [0.5, 0.6) is 0 Å². The van der Waals surface area contributed by atoms with Gasteiger partial charge in [0.15, 0.2) is 0 Å². The lowest BCUT2D eigenvalue weighted by molar-refractivity contribution is 0.429. The predicted molar refractivity (Wildman–Crippen MR) is 45.6 cm³/mol. The monoisotopic (exact) mass is 130 g/mol. The molecule has 0 aromatic rings. The van der Waals surface area contributed by atoms with Gasteiger partial charge < -0.3 is 0 Å². The molecule has 58 valence electrons. The number of hydrogen-bond donors (Lipinski definition) is 0. The molecular formula is C9H22. The molecule has 0 aliphatic heterocycles. The van der Waals surface area contributed by atoms with Crippen LogP contribution in [0.2, 0.25) is 0 Å². The van der Waals surface area contributed by atoms with E-state index in [1.54, 1.807) is 0 Å². The summed E-state index contributed by atoms with van der Waals surface area (Å²) >= 11 is 0. The van der Waals surface area contributed by atoms with Gasteiger partial charge in [0, 0.05) is 0 Å². The van der Waals surface area contributed by atoms with Gasteiger partial charge in [-0.3, -0.25) is 0 Å². The second kappa shape index (κ2) is 6.12. The Bertz CT molecular complexity index is 46.0. The van der Waals surface area contributed by atoms with Crippen LogP contribution in [0.3, 0.4) is 0 Å². The molecule has 0 aromatic carbocycles. The van der Waals surface area contributed by atoms with Crippen LogP contribution in [0.4, 0.5) is 0 Å². The van der Waals surface area contributed by atoms with Crippen molar-refractivity contribution in [1.29, 1.82) is 0 Å². The highest BCUT2D eigenvalue weighted by Crippen LogP contribution is 2.12. The second-order valence-electron chi connectivity index (χ2n) is 3.14. The van der Waals surface area contributed by atoms with Gasteiger partial charge in [-0.2, -0.15) is 0 Å². The molecule has 0 spiro atoms. The minimum atomic E-state index is 0. The van der Waals surface area contributed by atoms with Crippen LogP contribution in [-0.4, -0.2) is 0 Å². The lowest BCUT2D eigenvalue weighted by atomic mass is 9.97. The Hall–Kier alpha value is 0. The van der Waals surface area contributed by atoms with Crippen LogP contribution < -0.4 is 0 Å². The number of rotatable bonds is 3. The molecule has 0 heterocycles. The molecule has 0 N–H and O–H groups in total. The van der Waals surface area contributed by atoms with Crippen molar-refractivity contribution in [2.75, 3.05) is 0 Å². The molecule has 0 fully saturated rings. The molecule has 0 radical (unpaired) electrons. The van der Waals surface area contributed by atoms with E-state index in [2.05, 4.69) is 27.7 Å². The molecule has 0 heteroatoms. The second-order valence-corrected chi connectivity index (χ2v) is 3.14. The minimum absolute atomic E-state index is 0. The van der Waals surface area contributed by atoms with Crippen LogP contribution in [0.1, 0.15) is 48.0 Å². The van der Waals surface area contributed by atoms with Crippen LogP contribution in [0.25, 0.3) is 0 Å². The maximum Gasteiger partial charge on any atom is -0.0443 e. The van der Waals surface area contributed by atoms with E-state index in [0.717, 1.165) is 11.8 Å². The first kappa shape index (κ1) is 11.8. The number of hydrogen-bond acceptors (Lipinski definition) is 0. The van der Waals surface area contributed by atoms with E-state index >= 15 is 0 Å². The summed E-state index contributed by atoms with van der Waals surface area (Å²) in [4.78, 5) is 0. The van der Waals surface area contributed by atoms with Gasteiger partial charge in [-0.1, -0.05) is 41.5 Å². The summed E-state index contributed by atoms with van der Waals surface area (Å²) in [6, 6.07) is 0. The molecule has 0 nitrogen and oxygen atoms in total. The summed E-state index contributed by atoms with van der Waals surface area (Å²) in [5.74, 6) is 1.81. The maximum absolute atomic E-state index is 2.32. The molecule has 1 atom stereocenters. The average Bonchev–Trinajstić information content (AvgIpc) is 1.65. The quantitative estimate of drug-likeness (QED) is 0.546. The molecule has 0 aliphatic carbocycles. The molecule has 9 heavy (non-hydrogen) atoms. The van der Waals surface area contributed by atoms with Crippen molar-refractivity contribution in [2.45, 2.75) is 48.0 Å². The largest absolute Gasteiger partial charge is 0.0776 e. The van der Waals surface area contributed by atoms with Crippen molar-refractivity contribution < 1.29 is 0 Å². The van der Waals surface area contributed by atoms with E-state index in [4.69, 9.17) is 0 Å². The highest BCUT2D eigenvalue weighted by molar-refractivity contribution is 4.52. The van der Waals surface area contributed by atoms with Gasteiger partial charge in [0.25, 0.3) is 0 Å². The highest BCUT2D eigenvalue weighted by atomic mass is 14.1. The minimum Gasteiger partial charge on any atom is -0.0776 e. The van der Waals surface area contributed by atoms with E-state index in [-0.39, 0.29) is 7.43 Å². The molecular weight excluding hydrogens is 108 g/mol. The summed E-state index contributed by atoms with van der Waals surface area (Å²) in [7, 11) is 0. The first-order valence-electron chi connectivity index (χ1n) is 3.66. The Morgan fingerprint density at radius 1 is 1.11 bits per heavy atom. The summed E-state index contributed by atoms with van der Waals surface area (Å²) in [5, 5.41) is 0. The third-order valence-corrected chi connectivity index (χ3v) is 1.57. The molecule has 0 saturated heterocycles. The van der Waals surface area contributed by atoms with Gasteiger partial charge in [-0.25, -0.2) is 0 Å². The summed E-state index contributed by atoms with van der Waals surface area (Å²) in [5.41, 5.74) is 0. The van der Waals surface area contributed by atoms with Gasteiger partial charge >= 0.3 is 0 Å². The van der Waals surface area contributed by atoms with E-state index in [1.807, 2.05) is 0 Å². The fourth-order valence-electron chi connectivity index (χ4n) is 0.971. The van der Waals surface area contributed by atoms with E-state index in [1.165, 1.54) is 12.8 Å². The van der Waals surface area contributed by atoms with Crippen molar-refractivity contribution in [2.24, 2.45) is 11.8 Å². The Labute approximate surface area is 60.7 Å². The SMILES string of the molecule is C.CC[C@H](C)CC(C)C. The zero-order valence-corrected chi connectivity index (χ0v) is 6.57. The molecule has 0 saturated carbocycles. The van der Waals surface area contributed by atoms with Crippen molar-refractivity contribution in [3.63, 3.8) is 0 Å². The summed E-state index contributed by atoms with van der Waals surface area (Å²) in [6.45, 7) is 9.14. The van der Waals surface area contributed by atoms with E-state index in [0.29, 0.717) is 0 Å². The Morgan fingerprint density at radius 3 is 1.67 bits per heavy atom. The lowest BCUT2D eigenvalue weighted by Gasteiger charge is -2.09. The predicted octanol–water partition coefficient (Wildman–Crippen LogP) is 3.71. The van der Waals surface area contributed by atoms with Crippen LogP contribution >= 0.6 is 0 Å². The van der Waals surface area contributed by atoms with Crippen LogP contribution in [0, 0.1) is 11.8 Å². The standard InChI is InChI=1S/C8H18.CH4/c1-5-8(4)6-7(2)3;/h7-8H,5-6H2,1-4H3;1H4/t8-;/m0./s1. The molecule has 0 unspecified atom stereocenters. The molecule has 0 rings (SSSR count). The summed E-state index contributed by atoms with van der Waals surface area (Å²) < 4.78 is 0. The van der Waals surface area contributed by atoms with Crippen molar-refractivity contribution in [3.05, 3.63) is 0 Å². The van der Waals surface area contributed by atoms with Gasteiger partial charge in [-0.15, -0.1) is 0 Å². The van der Waals surface area contributed by atoms with Crippen LogP contribution in [0.15, 0.2) is 0 Å². The van der Waals surface area contributed by atoms with Gasteiger partial charge in [0.2, 0.25) is 0 Å². The fourth-order valence-corrected chi connectivity index (χ4v) is 0.971. The van der Waals surface area contributed by atoms with Gasteiger partial charge in [0.1, 0.15) is 0 Å². The third-order valence-electron chi connectivity index (χ3n) is 1.57.